The molecular weight excluding hydrogens is 418 g/mol. The summed E-state index contributed by atoms with van der Waals surface area (Å²) in [5, 5.41) is 4.43. The van der Waals surface area contributed by atoms with Crippen LogP contribution in [0.25, 0.3) is 28.5 Å². The molecule has 2 aliphatic heterocycles. The molecule has 0 aliphatic carbocycles. The van der Waals surface area contributed by atoms with E-state index >= 15 is 0 Å². The molecule has 0 bridgehead atoms. The van der Waals surface area contributed by atoms with Gasteiger partial charge in [0.05, 0.1) is 25.2 Å². The average Bonchev–Trinajstić information content (AvgIpc) is 3.55. The second-order valence-electron chi connectivity index (χ2n) is 8.60. The van der Waals surface area contributed by atoms with Crippen molar-refractivity contribution < 1.29 is 9.15 Å². The summed E-state index contributed by atoms with van der Waals surface area (Å²) in [5.41, 5.74) is 9.87. The predicted octanol–water partition coefficient (Wildman–Crippen LogP) is 2.93. The van der Waals surface area contributed by atoms with Crippen molar-refractivity contribution in [2.75, 3.05) is 50.0 Å². The van der Waals surface area contributed by atoms with Crippen molar-refractivity contribution in [3.63, 3.8) is 0 Å². The van der Waals surface area contributed by atoms with Crippen LogP contribution in [0.5, 0.6) is 0 Å². The number of morpholine rings is 1. The number of furan rings is 1. The smallest absolute Gasteiger partial charge is 0.223 e. The van der Waals surface area contributed by atoms with Crippen LogP contribution in [0.1, 0.15) is 12.8 Å². The number of nitrogens with zero attached hydrogens (tertiary/aromatic N) is 6. The highest BCUT2D eigenvalue weighted by molar-refractivity contribution is 5.70. The summed E-state index contributed by atoms with van der Waals surface area (Å²) < 4.78 is 12.5. The average molecular weight is 446 g/mol. The maximum Gasteiger partial charge on any atom is 0.223 e. The third-order valence-electron chi connectivity index (χ3n) is 6.63. The summed E-state index contributed by atoms with van der Waals surface area (Å²) in [6.45, 7) is 5.93. The van der Waals surface area contributed by atoms with E-state index in [1.54, 1.807) is 10.8 Å². The molecule has 2 aliphatic rings. The predicted molar refractivity (Wildman–Crippen MR) is 126 cm³/mol. The minimum atomic E-state index is 0.296. The molecule has 0 spiro atoms. The molecule has 6 rings (SSSR count). The summed E-state index contributed by atoms with van der Waals surface area (Å²) in [6, 6.07) is 14.7. The Kier molecular flexibility index (Phi) is 5.20. The molecule has 0 unspecified atom stereocenters. The molecule has 4 aromatic rings. The van der Waals surface area contributed by atoms with Crippen molar-refractivity contribution in [3.8, 4) is 22.8 Å². The van der Waals surface area contributed by atoms with Gasteiger partial charge in [-0.2, -0.15) is 4.52 Å². The van der Waals surface area contributed by atoms with Crippen LogP contribution in [0.15, 0.2) is 53.1 Å². The van der Waals surface area contributed by atoms with Gasteiger partial charge in [0.15, 0.2) is 11.4 Å². The van der Waals surface area contributed by atoms with Gasteiger partial charge in [-0.15, -0.1) is 5.10 Å². The molecule has 2 N–H and O–H groups in total. The van der Waals surface area contributed by atoms with Crippen LogP contribution in [0, 0.1) is 0 Å². The maximum atomic E-state index is 6.22. The van der Waals surface area contributed by atoms with Crippen LogP contribution in [0.3, 0.4) is 0 Å². The Bertz CT molecular complexity index is 1240. The highest BCUT2D eigenvalue weighted by Gasteiger charge is 2.26. The van der Waals surface area contributed by atoms with Gasteiger partial charge in [-0.3, -0.25) is 4.90 Å². The lowest BCUT2D eigenvalue weighted by molar-refractivity contribution is 0.0115. The summed E-state index contributed by atoms with van der Waals surface area (Å²) in [5.74, 6) is 1.38. The topological polar surface area (TPSA) is 98.0 Å². The molecule has 0 atom stereocenters. The number of rotatable bonds is 4. The first-order chi connectivity index (χ1) is 16.2. The highest BCUT2D eigenvalue weighted by Crippen LogP contribution is 2.29. The van der Waals surface area contributed by atoms with E-state index in [2.05, 4.69) is 49.1 Å². The summed E-state index contributed by atoms with van der Waals surface area (Å²) in [6.07, 6.45) is 3.96. The van der Waals surface area contributed by atoms with Crippen LogP contribution in [-0.2, 0) is 4.74 Å². The molecule has 9 nitrogen and oxygen atoms in total. The first-order valence-electron chi connectivity index (χ1n) is 11.5. The Morgan fingerprint density at radius 2 is 1.79 bits per heavy atom. The van der Waals surface area contributed by atoms with Crippen LogP contribution in [0.4, 0.5) is 11.6 Å². The molecule has 170 valence electrons. The number of fused-ring (bicyclic) bond motifs is 1. The van der Waals surface area contributed by atoms with Crippen molar-refractivity contribution in [3.05, 3.63) is 48.7 Å². The Morgan fingerprint density at radius 1 is 0.939 bits per heavy atom. The van der Waals surface area contributed by atoms with Gasteiger partial charge >= 0.3 is 0 Å². The Balaban J connectivity index is 1.23. The van der Waals surface area contributed by atoms with Gasteiger partial charge in [0.1, 0.15) is 0 Å². The SMILES string of the molecule is Nc1nc(-c2cccc(N3CCC(N4CCOCC4)CC3)c2)cc2nc(-c3ccco3)nn12. The largest absolute Gasteiger partial charge is 0.461 e. The number of anilines is 2. The second-order valence-corrected chi connectivity index (χ2v) is 8.60. The number of nitrogen functional groups attached to an aromatic ring is 1. The van der Waals surface area contributed by atoms with E-state index in [4.69, 9.17) is 14.9 Å². The zero-order chi connectivity index (χ0) is 22.2. The normalized spacial score (nSPS) is 18.2. The lowest BCUT2D eigenvalue weighted by Crippen LogP contribution is -2.49. The monoisotopic (exact) mass is 445 g/mol. The van der Waals surface area contributed by atoms with E-state index in [0.717, 1.165) is 50.7 Å². The quantitative estimate of drug-likeness (QED) is 0.512. The molecule has 5 heterocycles. The number of aromatic nitrogens is 4. The lowest BCUT2D eigenvalue weighted by Gasteiger charge is -2.40. The van der Waals surface area contributed by atoms with Crippen molar-refractivity contribution >= 4 is 17.3 Å². The molecule has 33 heavy (non-hydrogen) atoms. The molecule has 0 amide bonds. The van der Waals surface area contributed by atoms with E-state index in [1.807, 2.05) is 18.2 Å². The van der Waals surface area contributed by atoms with Crippen LogP contribution in [0.2, 0.25) is 0 Å². The molecule has 3 aromatic heterocycles. The highest BCUT2D eigenvalue weighted by atomic mass is 16.5. The lowest BCUT2D eigenvalue weighted by atomic mass is 10.0. The van der Waals surface area contributed by atoms with Crippen molar-refractivity contribution in [2.24, 2.45) is 0 Å². The van der Waals surface area contributed by atoms with Crippen LogP contribution < -0.4 is 10.6 Å². The molecule has 2 saturated heterocycles. The number of ether oxygens (including phenoxy) is 1. The number of piperidine rings is 1. The van der Waals surface area contributed by atoms with Gasteiger partial charge in [-0.1, -0.05) is 12.1 Å². The van der Waals surface area contributed by atoms with Gasteiger partial charge in [0.2, 0.25) is 11.8 Å². The molecule has 2 fully saturated rings. The molecule has 0 radical (unpaired) electrons. The van der Waals surface area contributed by atoms with E-state index < -0.39 is 0 Å². The third kappa shape index (κ3) is 3.94. The van der Waals surface area contributed by atoms with Gasteiger partial charge in [0.25, 0.3) is 0 Å². The van der Waals surface area contributed by atoms with Gasteiger partial charge in [0, 0.05) is 49.5 Å². The minimum Gasteiger partial charge on any atom is -0.461 e. The minimum absolute atomic E-state index is 0.296. The van der Waals surface area contributed by atoms with Crippen molar-refractivity contribution in [2.45, 2.75) is 18.9 Å². The molecule has 0 saturated carbocycles. The number of hydrogen-bond acceptors (Lipinski definition) is 8. The van der Waals surface area contributed by atoms with Crippen LogP contribution in [-0.4, -0.2) is 69.9 Å². The van der Waals surface area contributed by atoms with Crippen molar-refractivity contribution in [1.29, 1.82) is 0 Å². The zero-order valence-corrected chi connectivity index (χ0v) is 18.4. The van der Waals surface area contributed by atoms with E-state index in [0.29, 0.717) is 29.2 Å². The maximum absolute atomic E-state index is 6.22. The fourth-order valence-electron chi connectivity index (χ4n) is 4.86. The fourth-order valence-corrected chi connectivity index (χ4v) is 4.86. The van der Waals surface area contributed by atoms with Crippen LogP contribution >= 0.6 is 0 Å². The van der Waals surface area contributed by atoms with Gasteiger partial charge < -0.3 is 19.8 Å². The molecular formula is C24H27N7O2. The summed E-state index contributed by atoms with van der Waals surface area (Å²) in [4.78, 5) is 14.2. The Hall–Kier alpha value is -3.43. The third-order valence-corrected chi connectivity index (χ3v) is 6.63. The first kappa shape index (κ1) is 20.2. The first-order valence-corrected chi connectivity index (χ1v) is 11.5. The second kappa shape index (κ2) is 8.49. The van der Waals surface area contributed by atoms with E-state index in [1.165, 1.54) is 18.5 Å². The zero-order valence-electron chi connectivity index (χ0n) is 18.4. The standard InChI is InChI=1S/C24H27N7O2/c25-24-26-20(16-22-27-23(28-31(22)24)21-5-2-12-33-21)17-3-1-4-19(15-17)29-8-6-18(7-9-29)30-10-13-32-14-11-30/h1-5,12,15-16,18H,6-11,13-14H2,(H2,25,26). The molecule has 9 heteroatoms. The van der Waals surface area contributed by atoms with Crippen molar-refractivity contribution in [1.82, 2.24) is 24.5 Å². The molecule has 1 aromatic carbocycles. The van der Waals surface area contributed by atoms with E-state index in [-0.39, 0.29) is 0 Å². The number of benzene rings is 1. The Morgan fingerprint density at radius 3 is 2.58 bits per heavy atom. The van der Waals surface area contributed by atoms with Gasteiger partial charge in [-0.25, -0.2) is 9.97 Å². The Labute approximate surface area is 191 Å². The number of hydrogen-bond donors (Lipinski definition) is 1. The fraction of sp³-hybridized carbons (Fsp3) is 0.375. The number of nitrogens with two attached hydrogens (primary N) is 1. The summed E-state index contributed by atoms with van der Waals surface area (Å²) >= 11 is 0. The van der Waals surface area contributed by atoms with Gasteiger partial charge in [-0.05, 0) is 37.1 Å². The summed E-state index contributed by atoms with van der Waals surface area (Å²) in [7, 11) is 0. The van der Waals surface area contributed by atoms with E-state index in [9.17, 15) is 0 Å².